The Morgan fingerprint density at radius 2 is 0.862 bits per heavy atom. The number of benzene rings is 6. The molecule has 0 saturated heterocycles. The maximum Gasteiger partial charge on any atom is 0.185 e. The summed E-state index contributed by atoms with van der Waals surface area (Å²) >= 11 is 0. The van der Waals surface area contributed by atoms with Gasteiger partial charge in [-0.2, -0.15) is 10.5 Å². The molecular weight excluding hydrogens is 737 g/mol. The van der Waals surface area contributed by atoms with Crippen molar-refractivity contribution in [2.24, 2.45) is 0 Å². The SMILES string of the molecule is N#Cc1nc(N(Cc2ccccc2F)C(Cc2ccccc2)(Cc2ccccc2)c2ccc(F)cc2)c(C#N)nc1N(Cc1ccccc1F)Cc1ccccc1F. The summed E-state index contributed by atoms with van der Waals surface area (Å²) < 4.78 is 60.9. The van der Waals surface area contributed by atoms with Crippen LogP contribution in [0.4, 0.5) is 29.2 Å². The second kappa shape index (κ2) is 17.7. The van der Waals surface area contributed by atoms with Crippen LogP contribution in [-0.2, 0) is 38.0 Å². The summed E-state index contributed by atoms with van der Waals surface area (Å²) in [6, 6.07) is 48.0. The first-order valence-corrected chi connectivity index (χ1v) is 18.6. The van der Waals surface area contributed by atoms with Gasteiger partial charge in [-0.05, 0) is 47.0 Å². The second-order valence-electron chi connectivity index (χ2n) is 13.9. The fourth-order valence-electron chi connectivity index (χ4n) is 7.31. The van der Waals surface area contributed by atoms with Gasteiger partial charge in [0.05, 0.1) is 5.54 Å². The minimum atomic E-state index is -1.22. The Morgan fingerprint density at radius 3 is 1.31 bits per heavy atom. The van der Waals surface area contributed by atoms with Crippen LogP contribution in [0, 0.1) is 45.9 Å². The highest BCUT2D eigenvalue weighted by Gasteiger charge is 2.42. The number of anilines is 2. The van der Waals surface area contributed by atoms with Crippen LogP contribution < -0.4 is 9.80 Å². The van der Waals surface area contributed by atoms with Gasteiger partial charge in [0.25, 0.3) is 0 Å². The lowest BCUT2D eigenvalue weighted by atomic mass is 9.77. The Balaban J connectivity index is 1.50. The van der Waals surface area contributed by atoms with E-state index in [0.29, 0.717) is 5.56 Å². The molecule has 0 spiro atoms. The Bertz CT molecular complexity index is 2500. The third-order valence-corrected chi connectivity index (χ3v) is 10.1. The maximum atomic E-state index is 15.8. The fourth-order valence-corrected chi connectivity index (χ4v) is 7.31. The Hall–Kier alpha value is -7.30. The highest BCUT2D eigenvalue weighted by molar-refractivity contribution is 5.63. The first-order chi connectivity index (χ1) is 28.3. The van der Waals surface area contributed by atoms with Crippen LogP contribution in [0.15, 0.2) is 158 Å². The molecule has 7 rings (SSSR count). The van der Waals surface area contributed by atoms with Gasteiger partial charge >= 0.3 is 0 Å². The van der Waals surface area contributed by atoms with Crippen molar-refractivity contribution in [2.75, 3.05) is 9.80 Å². The van der Waals surface area contributed by atoms with Crippen LogP contribution in [-0.4, -0.2) is 9.97 Å². The molecule has 0 aliphatic heterocycles. The molecule has 1 aromatic heterocycles. The normalized spacial score (nSPS) is 11.1. The van der Waals surface area contributed by atoms with Crippen molar-refractivity contribution in [1.82, 2.24) is 9.97 Å². The van der Waals surface area contributed by atoms with Crippen LogP contribution in [0.5, 0.6) is 0 Å². The summed E-state index contributed by atoms with van der Waals surface area (Å²) in [4.78, 5) is 13.0. The molecule has 1 heterocycles. The van der Waals surface area contributed by atoms with Crippen molar-refractivity contribution in [3.63, 3.8) is 0 Å². The molecular formula is C48H36F4N6. The van der Waals surface area contributed by atoms with E-state index < -0.39 is 28.8 Å². The van der Waals surface area contributed by atoms with Crippen LogP contribution in [0.3, 0.4) is 0 Å². The summed E-state index contributed by atoms with van der Waals surface area (Å²) in [5.74, 6) is -2.11. The van der Waals surface area contributed by atoms with Crippen LogP contribution in [0.1, 0.15) is 44.8 Å². The molecule has 0 unspecified atom stereocenters. The van der Waals surface area contributed by atoms with Gasteiger partial charge in [0, 0.05) is 49.2 Å². The number of hydrogen-bond acceptors (Lipinski definition) is 6. The molecule has 0 radical (unpaired) electrons. The predicted octanol–water partition coefficient (Wildman–Crippen LogP) is 10.4. The van der Waals surface area contributed by atoms with Crippen molar-refractivity contribution >= 4 is 11.6 Å². The number of aromatic nitrogens is 2. The average Bonchev–Trinajstić information content (AvgIpc) is 3.25. The molecule has 0 N–H and O–H groups in total. The third-order valence-electron chi connectivity index (χ3n) is 10.1. The van der Waals surface area contributed by atoms with Gasteiger partial charge in [0.1, 0.15) is 35.4 Å². The molecule has 10 heteroatoms. The molecule has 0 saturated carbocycles. The number of nitrogens with zero attached hydrogens (tertiary/aromatic N) is 6. The van der Waals surface area contributed by atoms with E-state index in [-0.39, 0.29) is 72.2 Å². The zero-order chi connectivity index (χ0) is 40.5. The lowest BCUT2D eigenvalue weighted by Crippen LogP contribution is -2.50. The lowest BCUT2D eigenvalue weighted by molar-refractivity contribution is 0.380. The predicted molar refractivity (Wildman–Crippen MR) is 215 cm³/mol. The fraction of sp³-hybridized carbons (Fsp3) is 0.125. The molecule has 0 fully saturated rings. The van der Waals surface area contributed by atoms with Gasteiger partial charge < -0.3 is 9.80 Å². The molecule has 7 aromatic rings. The molecule has 0 bridgehead atoms. The zero-order valence-electron chi connectivity index (χ0n) is 31.2. The second-order valence-corrected chi connectivity index (χ2v) is 13.9. The summed E-state index contributed by atoms with van der Waals surface area (Å²) in [6.07, 6.45) is 0.539. The standard InChI is InChI=1S/C48H36F4N6/c49-40-25-23-39(24-26-40)48(27-34-13-3-1-4-14-34,28-35-15-5-2-6-16-35)58(33-38-19-9-12-22-43(38)52)47-45(30-54)55-46(44(29-53)56-47)57(31-36-17-7-10-20-41(36)50)32-37-18-8-11-21-42(37)51/h1-26H,27-28,31-33H2. The van der Waals surface area contributed by atoms with E-state index in [4.69, 9.17) is 9.97 Å². The van der Waals surface area contributed by atoms with E-state index in [0.717, 1.165) is 11.1 Å². The van der Waals surface area contributed by atoms with Gasteiger partial charge in [-0.1, -0.05) is 127 Å². The third kappa shape index (κ3) is 8.57. The van der Waals surface area contributed by atoms with E-state index in [1.807, 2.05) is 60.7 Å². The topological polar surface area (TPSA) is 79.8 Å². The van der Waals surface area contributed by atoms with Crippen LogP contribution in [0.2, 0.25) is 0 Å². The molecule has 6 nitrogen and oxygen atoms in total. The zero-order valence-corrected chi connectivity index (χ0v) is 31.2. The maximum absolute atomic E-state index is 15.8. The number of nitriles is 2. The highest BCUT2D eigenvalue weighted by atomic mass is 19.1. The molecule has 58 heavy (non-hydrogen) atoms. The first-order valence-electron chi connectivity index (χ1n) is 18.6. The average molecular weight is 773 g/mol. The number of hydrogen-bond donors (Lipinski definition) is 0. The van der Waals surface area contributed by atoms with Gasteiger partial charge in [-0.25, -0.2) is 27.5 Å². The van der Waals surface area contributed by atoms with Crippen LogP contribution in [0.25, 0.3) is 0 Å². The minimum Gasteiger partial charge on any atom is -0.345 e. The van der Waals surface area contributed by atoms with Crippen LogP contribution >= 0.6 is 0 Å². The van der Waals surface area contributed by atoms with Gasteiger partial charge in [0.2, 0.25) is 0 Å². The Labute approximate surface area is 334 Å². The Kier molecular flexibility index (Phi) is 11.9. The van der Waals surface area contributed by atoms with E-state index in [9.17, 15) is 14.9 Å². The molecule has 0 aliphatic carbocycles. The van der Waals surface area contributed by atoms with E-state index in [2.05, 4.69) is 12.1 Å². The van der Waals surface area contributed by atoms with E-state index >= 15 is 13.2 Å². The van der Waals surface area contributed by atoms with E-state index in [1.165, 1.54) is 35.2 Å². The molecule has 0 aliphatic rings. The summed E-state index contributed by atoms with van der Waals surface area (Å²) in [6.45, 7) is -0.435. The summed E-state index contributed by atoms with van der Waals surface area (Å²) in [7, 11) is 0. The summed E-state index contributed by atoms with van der Waals surface area (Å²) in [5, 5.41) is 21.8. The largest absolute Gasteiger partial charge is 0.345 e. The Morgan fingerprint density at radius 1 is 0.466 bits per heavy atom. The van der Waals surface area contributed by atoms with Crippen molar-refractivity contribution < 1.29 is 17.6 Å². The summed E-state index contributed by atoms with van der Waals surface area (Å²) in [5.41, 5.74) is 1.49. The monoisotopic (exact) mass is 772 g/mol. The quantitative estimate of drug-likeness (QED) is 0.102. The van der Waals surface area contributed by atoms with Gasteiger partial charge in [-0.3, -0.25) is 0 Å². The van der Waals surface area contributed by atoms with Gasteiger partial charge in [-0.15, -0.1) is 0 Å². The minimum absolute atomic E-state index is 0.0287. The smallest absolute Gasteiger partial charge is 0.185 e. The van der Waals surface area contributed by atoms with Crippen molar-refractivity contribution in [2.45, 2.75) is 38.0 Å². The molecule has 6 aromatic carbocycles. The molecule has 286 valence electrons. The first kappa shape index (κ1) is 39.0. The highest BCUT2D eigenvalue weighted by Crippen LogP contribution is 2.42. The van der Waals surface area contributed by atoms with Crippen molar-refractivity contribution in [1.29, 1.82) is 10.5 Å². The van der Waals surface area contributed by atoms with E-state index in [1.54, 1.807) is 71.6 Å². The van der Waals surface area contributed by atoms with Crippen molar-refractivity contribution in [3.8, 4) is 12.1 Å². The lowest BCUT2D eigenvalue weighted by Gasteiger charge is -2.46. The number of halogens is 4. The molecule has 0 atom stereocenters. The van der Waals surface area contributed by atoms with Crippen molar-refractivity contribution in [3.05, 3.63) is 226 Å². The molecule has 0 amide bonds. The number of rotatable bonds is 14. The van der Waals surface area contributed by atoms with Gasteiger partial charge in [0.15, 0.2) is 23.0 Å².